The highest BCUT2D eigenvalue weighted by atomic mass is 16.4. The van der Waals surface area contributed by atoms with Crippen molar-refractivity contribution >= 4 is 5.97 Å². The molecule has 1 aromatic rings. The van der Waals surface area contributed by atoms with Crippen LogP contribution in [0.5, 0.6) is 0 Å². The number of carboxylic acids is 1. The molecular weight excluding hydrogens is 250 g/mol. The van der Waals surface area contributed by atoms with E-state index >= 15 is 0 Å². The second-order valence-electron chi connectivity index (χ2n) is 5.83. The van der Waals surface area contributed by atoms with Crippen molar-refractivity contribution in [3.8, 4) is 0 Å². The molecule has 0 saturated carbocycles. The monoisotopic (exact) mass is 275 g/mol. The van der Waals surface area contributed by atoms with Crippen molar-refractivity contribution in [2.75, 3.05) is 19.6 Å². The Morgan fingerprint density at radius 3 is 2.85 bits per heavy atom. The highest BCUT2D eigenvalue weighted by Crippen LogP contribution is 2.21. The van der Waals surface area contributed by atoms with Crippen molar-refractivity contribution in [1.29, 1.82) is 0 Å². The maximum absolute atomic E-state index is 10.6. The molecule has 20 heavy (non-hydrogen) atoms. The number of nitrogens with zero attached hydrogens (tertiary/aromatic N) is 1. The summed E-state index contributed by atoms with van der Waals surface area (Å²) in [6.07, 6.45) is 5.90. The molecule has 1 atom stereocenters. The summed E-state index contributed by atoms with van der Waals surface area (Å²) in [5.74, 6) is -0.0808. The second-order valence-corrected chi connectivity index (χ2v) is 5.83. The van der Waals surface area contributed by atoms with Gasteiger partial charge in [-0.25, -0.2) is 0 Å². The third-order valence-corrected chi connectivity index (χ3v) is 4.15. The zero-order valence-corrected chi connectivity index (χ0v) is 12.1. The smallest absolute Gasteiger partial charge is 0.303 e. The molecule has 0 bridgehead atoms. The quantitative estimate of drug-likeness (QED) is 0.830. The van der Waals surface area contributed by atoms with E-state index in [1.54, 1.807) is 0 Å². The minimum Gasteiger partial charge on any atom is -0.481 e. The van der Waals surface area contributed by atoms with Gasteiger partial charge in [-0.2, -0.15) is 0 Å². The van der Waals surface area contributed by atoms with E-state index in [1.807, 2.05) is 0 Å². The molecule has 1 unspecified atom stereocenters. The lowest BCUT2D eigenvalue weighted by Crippen LogP contribution is -2.36. The third kappa shape index (κ3) is 5.33. The number of likely N-dealkylation sites (tertiary alicyclic amines) is 1. The molecular formula is C17H25NO2. The molecule has 1 aliphatic rings. The molecule has 1 aliphatic heterocycles. The van der Waals surface area contributed by atoms with Gasteiger partial charge in [-0.3, -0.25) is 4.79 Å². The van der Waals surface area contributed by atoms with Crippen LogP contribution in [0.4, 0.5) is 0 Å². The molecule has 0 aromatic heterocycles. The highest BCUT2D eigenvalue weighted by Gasteiger charge is 2.19. The lowest BCUT2D eigenvalue weighted by molar-refractivity contribution is -0.137. The fourth-order valence-corrected chi connectivity index (χ4v) is 3.07. The Labute approximate surface area is 121 Å². The summed E-state index contributed by atoms with van der Waals surface area (Å²) in [4.78, 5) is 13.2. The number of rotatable bonds is 7. The number of carboxylic acid groups (broad SMARTS) is 1. The number of aliphatic carboxylic acids is 1. The Balaban J connectivity index is 1.66. The molecule has 1 fully saturated rings. The summed E-state index contributed by atoms with van der Waals surface area (Å²) < 4.78 is 0. The number of hydrogen-bond donors (Lipinski definition) is 1. The predicted molar refractivity (Wildman–Crippen MR) is 80.8 cm³/mol. The first-order valence-corrected chi connectivity index (χ1v) is 7.72. The van der Waals surface area contributed by atoms with Crippen molar-refractivity contribution in [2.24, 2.45) is 5.92 Å². The Kier molecular flexibility index (Phi) is 6.06. The van der Waals surface area contributed by atoms with Gasteiger partial charge in [-0.05, 0) is 56.7 Å². The number of piperidine rings is 1. The zero-order valence-electron chi connectivity index (χ0n) is 12.1. The normalized spacial score (nSPS) is 19.9. The number of hydrogen-bond acceptors (Lipinski definition) is 2. The first kappa shape index (κ1) is 15.0. The van der Waals surface area contributed by atoms with E-state index in [2.05, 4.69) is 35.2 Å². The first-order chi connectivity index (χ1) is 9.74. The van der Waals surface area contributed by atoms with Crippen LogP contribution in [0.1, 0.15) is 37.7 Å². The van der Waals surface area contributed by atoms with Crippen molar-refractivity contribution < 1.29 is 9.90 Å². The number of benzene rings is 1. The van der Waals surface area contributed by atoms with Gasteiger partial charge in [-0.1, -0.05) is 30.3 Å². The van der Waals surface area contributed by atoms with E-state index in [0.717, 1.165) is 25.9 Å². The summed E-state index contributed by atoms with van der Waals surface area (Å²) in [6, 6.07) is 10.6. The van der Waals surface area contributed by atoms with Crippen LogP contribution in [0, 0.1) is 5.92 Å². The Morgan fingerprint density at radius 1 is 1.30 bits per heavy atom. The fourth-order valence-electron chi connectivity index (χ4n) is 3.07. The van der Waals surface area contributed by atoms with Gasteiger partial charge in [0.1, 0.15) is 0 Å². The lowest BCUT2D eigenvalue weighted by atomic mass is 9.93. The molecule has 0 spiro atoms. The molecule has 1 saturated heterocycles. The molecule has 0 amide bonds. The van der Waals surface area contributed by atoms with Crippen LogP contribution in [0.2, 0.25) is 0 Å². The van der Waals surface area contributed by atoms with Crippen LogP contribution in [0.15, 0.2) is 30.3 Å². The van der Waals surface area contributed by atoms with Crippen LogP contribution >= 0.6 is 0 Å². The summed E-state index contributed by atoms with van der Waals surface area (Å²) >= 11 is 0. The molecule has 0 radical (unpaired) electrons. The molecule has 1 heterocycles. The van der Waals surface area contributed by atoms with Gasteiger partial charge < -0.3 is 10.0 Å². The van der Waals surface area contributed by atoms with E-state index in [0.29, 0.717) is 12.3 Å². The summed E-state index contributed by atoms with van der Waals surface area (Å²) in [6.45, 7) is 3.40. The first-order valence-electron chi connectivity index (χ1n) is 7.72. The lowest BCUT2D eigenvalue weighted by Gasteiger charge is -2.32. The van der Waals surface area contributed by atoms with Gasteiger partial charge in [0.15, 0.2) is 0 Å². The van der Waals surface area contributed by atoms with Gasteiger partial charge in [0.2, 0.25) is 0 Å². The van der Waals surface area contributed by atoms with Crippen LogP contribution in [0.3, 0.4) is 0 Å². The molecule has 3 nitrogen and oxygen atoms in total. The molecule has 2 rings (SSSR count). The van der Waals surface area contributed by atoms with E-state index in [4.69, 9.17) is 5.11 Å². The standard InChI is InChI=1S/C17H25NO2/c19-17(20)11-10-16-9-5-13-18(14-16)12-4-8-15-6-2-1-3-7-15/h1-3,6-7,16H,4-5,8-14H2,(H,19,20). The van der Waals surface area contributed by atoms with Crippen LogP contribution in [0.25, 0.3) is 0 Å². The molecule has 3 heteroatoms. The van der Waals surface area contributed by atoms with Gasteiger partial charge in [0.05, 0.1) is 0 Å². The van der Waals surface area contributed by atoms with E-state index < -0.39 is 5.97 Å². The molecule has 0 aliphatic carbocycles. The average molecular weight is 275 g/mol. The molecule has 110 valence electrons. The largest absolute Gasteiger partial charge is 0.481 e. The van der Waals surface area contributed by atoms with Crippen LogP contribution in [-0.4, -0.2) is 35.6 Å². The van der Waals surface area contributed by atoms with E-state index in [-0.39, 0.29) is 0 Å². The van der Waals surface area contributed by atoms with Crippen LogP contribution in [-0.2, 0) is 11.2 Å². The minimum atomic E-state index is -0.661. The summed E-state index contributed by atoms with van der Waals surface area (Å²) in [5, 5.41) is 8.76. The van der Waals surface area contributed by atoms with E-state index in [9.17, 15) is 4.79 Å². The van der Waals surface area contributed by atoms with Gasteiger partial charge in [0, 0.05) is 13.0 Å². The van der Waals surface area contributed by atoms with Crippen molar-refractivity contribution in [3.63, 3.8) is 0 Å². The van der Waals surface area contributed by atoms with Crippen molar-refractivity contribution in [1.82, 2.24) is 4.90 Å². The SMILES string of the molecule is O=C(O)CCC1CCCN(CCCc2ccccc2)C1. The minimum absolute atomic E-state index is 0.322. The highest BCUT2D eigenvalue weighted by molar-refractivity contribution is 5.66. The van der Waals surface area contributed by atoms with Gasteiger partial charge in [-0.15, -0.1) is 0 Å². The fraction of sp³-hybridized carbons (Fsp3) is 0.588. The average Bonchev–Trinajstić information content (AvgIpc) is 2.47. The molecule has 1 N–H and O–H groups in total. The van der Waals surface area contributed by atoms with Gasteiger partial charge in [0.25, 0.3) is 0 Å². The zero-order chi connectivity index (χ0) is 14.2. The maximum Gasteiger partial charge on any atom is 0.303 e. The van der Waals surface area contributed by atoms with Crippen molar-refractivity contribution in [2.45, 2.75) is 38.5 Å². The van der Waals surface area contributed by atoms with Crippen LogP contribution < -0.4 is 0 Å². The predicted octanol–water partition coefficient (Wildman–Crippen LogP) is 3.20. The Bertz CT molecular complexity index is 405. The molecule has 1 aromatic carbocycles. The maximum atomic E-state index is 10.6. The topological polar surface area (TPSA) is 40.5 Å². The number of aryl methyl sites for hydroxylation is 1. The van der Waals surface area contributed by atoms with Crippen molar-refractivity contribution in [3.05, 3.63) is 35.9 Å². The summed E-state index contributed by atoms with van der Waals surface area (Å²) in [7, 11) is 0. The summed E-state index contributed by atoms with van der Waals surface area (Å²) in [5.41, 5.74) is 1.41. The Morgan fingerprint density at radius 2 is 2.10 bits per heavy atom. The number of carbonyl (C=O) groups is 1. The van der Waals surface area contributed by atoms with E-state index in [1.165, 1.54) is 31.4 Å². The third-order valence-electron chi connectivity index (χ3n) is 4.15. The Hall–Kier alpha value is -1.35. The van der Waals surface area contributed by atoms with Gasteiger partial charge >= 0.3 is 5.97 Å². The second kappa shape index (κ2) is 8.05.